The van der Waals surface area contributed by atoms with Crippen molar-refractivity contribution in [3.8, 4) is 11.1 Å². The largest absolute Gasteiger partial charge is 0.468 e. The molecule has 0 aliphatic heterocycles. The highest BCUT2D eigenvalue weighted by Gasteiger charge is 2.03. The number of benzene rings is 2. The summed E-state index contributed by atoms with van der Waals surface area (Å²) in [5.41, 5.74) is 3.58. The predicted octanol–water partition coefficient (Wildman–Crippen LogP) is 3.07. The molecule has 0 aromatic heterocycles. The summed E-state index contributed by atoms with van der Waals surface area (Å²) in [6, 6.07) is 18.4. The first-order chi connectivity index (χ1) is 8.42. The van der Waals surface area contributed by atoms with Crippen molar-refractivity contribution in [2.24, 2.45) is 0 Å². The molecular weight excluding hydrogens is 212 g/mol. The Labute approximate surface area is 101 Å². The molecule has 86 valence electrons. The zero-order valence-electron chi connectivity index (χ0n) is 9.50. The molecule has 0 aliphatic carbocycles. The van der Waals surface area contributed by atoms with E-state index in [1.807, 2.05) is 30.3 Å². The van der Waals surface area contributed by atoms with E-state index in [1.165, 1.54) is 16.7 Å². The van der Waals surface area contributed by atoms with Crippen LogP contribution in [0.4, 0.5) is 0 Å². The van der Waals surface area contributed by atoms with Crippen LogP contribution in [-0.2, 0) is 16.0 Å². The van der Waals surface area contributed by atoms with Gasteiger partial charge in [-0.3, -0.25) is 4.79 Å². The number of carbonyl (C=O) groups excluding carboxylic acids is 1. The van der Waals surface area contributed by atoms with Gasteiger partial charge in [-0.25, -0.2) is 0 Å². The molecule has 0 fully saturated rings. The van der Waals surface area contributed by atoms with Gasteiger partial charge < -0.3 is 4.74 Å². The maximum Gasteiger partial charge on any atom is 0.293 e. The lowest BCUT2D eigenvalue weighted by atomic mass is 9.98. The third-order valence-corrected chi connectivity index (χ3v) is 2.66. The summed E-state index contributed by atoms with van der Waals surface area (Å²) < 4.78 is 4.75. The van der Waals surface area contributed by atoms with Crippen LogP contribution in [0, 0.1) is 0 Å². The van der Waals surface area contributed by atoms with Gasteiger partial charge in [-0.15, -0.1) is 0 Å². The summed E-state index contributed by atoms with van der Waals surface area (Å²) >= 11 is 0. The molecule has 0 atom stereocenters. The van der Waals surface area contributed by atoms with Crippen molar-refractivity contribution in [2.45, 2.75) is 6.42 Å². The highest BCUT2D eigenvalue weighted by Crippen LogP contribution is 2.23. The van der Waals surface area contributed by atoms with Crippen LogP contribution in [-0.4, -0.2) is 13.1 Å². The monoisotopic (exact) mass is 226 g/mol. The maximum absolute atomic E-state index is 10.1. The lowest BCUT2D eigenvalue weighted by molar-refractivity contribution is -0.128. The Kier molecular flexibility index (Phi) is 3.92. The van der Waals surface area contributed by atoms with Crippen molar-refractivity contribution in [3.05, 3.63) is 60.2 Å². The average Bonchev–Trinajstić information content (AvgIpc) is 2.41. The summed E-state index contributed by atoms with van der Waals surface area (Å²) in [6.45, 7) is 0.915. The molecule has 2 aromatic rings. The second-order valence-electron chi connectivity index (χ2n) is 3.74. The molecule has 0 saturated heterocycles. The van der Waals surface area contributed by atoms with Crippen LogP contribution in [0.3, 0.4) is 0 Å². The average molecular weight is 226 g/mol. The van der Waals surface area contributed by atoms with Gasteiger partial charge in [0, 0.05) is 6.42 Å². The molecule has 0 heterocycles. The third kappa shape index (κ3) is 2.94. The minimum Gasteiger partial charge on any atom is -0.468 e. The molecule has 0 N–H and O–H groups in total. The molecule has 17 heavy (non-hydrogen) atoms. The number of carbonyl (C=O) groups is 1. The highest BCUT2D eigenvalue weighted by molar-refractivity contribution is 5.67. The van der Waals surface area contributed by atoms with Crippen LogP contribution >= 0.6 is 0 Å². The maximum atomic E-state index is 10.1. The van der Waals surface area contributed by atoms with Crippen molar-refractivity contribution in [1.82, 2.24) is 0 Å². The van der Waals surface area contributed by atoms with Crippen molar-refractivity contribution in [2.75, 3.05) is 6.61 Å². The first-order valence-electron chi connectivity index (χ1n) is 5.60. The molecule has 2 aromatic carbocycles. The van der Waals surface area contributed by atoms with Crippen LogP contribution in [0.1, 0.15) is 5.56 Å². The first kappa shape index (κ1) is 11.4. The summed E-state index contributed by atoms with van der Waals surface area (Å²) in [5.74, 6) is 0. The SMILES string of the molecule is O=COCCc1ccccc1-c1ccccc1. The van der Waals surface area contributed by atoms with Gasteiger partial charge in [0.2, 0.25) is 0 Å². The highest BCUT2D eigenvalue weighted by atomic mass is 16.5. The lowest BCUT2D eigenvalue weighted by Crippen LogP contribution is -1.98. The van der Waals surface area contributed by atoms with Crippen molar-refractivity contribution >= 4 is 6.47 Å². The Morgan fingerprint density at radius 3 is 2.41 bits per heavy atom. The molecule has 2 rings (SSSR count). The first-order valence-corrected chi connectivity index (χ1v) is 5.60. The minimum atomic E-state index is 0.424. The summed E-state index contributed by atoms with van der Waals surface area (Å²) in [5, 5.41) is 0. The normalized spacial score (nSPS) is 9.88. The van der Waals surface area contributed by atoms with Gasteiger partial charge >= 0.3 is 0 Å². The molecule has 0 bridgehead atoms. The van der Waals surface area contributed by atoms with E-state index in [0.717, 1.165) is 6.42 Å². The molecular formula is C15H14O2. The Morgan fingerprint density at radius 2 is 1.65 bits per heavy atom. The van der Waals surface area contributed by atoms with Gasteiger partial charge in [0.15, 0.2) is 0 Å². The third-order valence-electron chi connectivity index (χ3n) is 2.66. The van der Waals surface area contributed by atoms with Crippen molar-refractivity contribution in [1.29, 1.82) is 0 Å². The van der Waals surface area contributed by atoms with E-state index in [4.69, 9.17) is 4.74 Å². The van der Waals surface area contributed by atoms with Crippen molar-refractivity contribution < 1.29 is 9.53 Å². The Balaban J connectivity index is 2.25. The Hall–Kier alpha value is -2.09. The number of hydrogen-bond donors (Lipinski definition) is 0. The van der Waals surface area contributed by atoms with E-state index in [0.29, 0.717) is 13.1 Å². The Bertz CT molecular complexity index is 477. The van der Waals surface area contributed by atoms with E-state index in [2.05, 4.69) is 24.3 Å². The summed E-state index contributed by atoms with van der Waals surface area (Å²) in [6.07, 6.45) is 0.740. The molecule has 0 aliphatic rings. The number of ether oxygens (including phenoxy) is 1. The van der Waals surface area contributed by atoms with Gasteiger partial charge in [-0.05, 0) is 16.7 Å². The van der Waals surface area contributed by atoms with Crippen LogP contribution < -0.4 is 0 Å². The Morgan fingerprint density at radius 1 is 0.941 bits per heavy atom. The van der Waals surface area contributed by atoms with Gasteiger partial charge in [-0.2, -0.15) is 0 Å². The van der Waals surface area contributed by atoms with Gasteiger partial charge in [0.25, 0.3) is 6.47 Å². The molecule has 0 unspecified atom stereocenters. The van der Waals surface area contributed by atoms with Gasteiger partial charge in [0.1, 0.15) is 0 Å². The smallest absolute Gasteiger partial charge is 0.293 e. The summed E-state index contributed by atoms with van der Waals surface area (Å²) in [4.78, 5) is 10.1. The quantitative estimate of drug-likeness (QED) is 0.578. The zero-order valence-corrected chi connectivity index (χ0v) is 9.50. The molecule has 0 amide bonds. The fourth-order valence-corrected chi connectivity index (χ4v) is 1.85. The topological polar surface area (TPSA) is 26.3 Å². The lowest BCUT2D eigenvalue weighted by Gasteiger charge is -2.08. The summed E-state index contributed by atoms with van der Waals surface area (Å²) in [7, 11) is 0. The molecule has 0 spiro atoms. The van der Waals surface area contributed by atoms with Crippen LogP contribution in [0.25, 0.3) is 11.1 Å². The molecule has 2 nitrogen and oxygen atoms in total. The number of hydrogen-bond acceptors (Lipinski definition) is 2. The second kappa shape index (κ2) is 5.85. The van der Waals surface area contributed by atoms with E-state index in [9.17, 15) is 4.79 Å². The standard InChI is InChI=1S/C15H14O2/c16-12-17-11-10-14-8-4-5-9-15(14)13-6-2-1-3-7-13/h1-9,12H,10-11H2. The second-order valence-corrected chi connectivity index (χ2v) is 3.74. The van der Waals surface area contributed by atoms with E-state index in [1.54, 1.807) is 0 Å². The fraction of sp³-hybridized carbons (Fsp3) is 0.133. The van der Waals surface area contributed by atoms with E-state index >= 15 is 0 Å². The minimum absolute atomic E-state index is 0.424. The van der Waals surface area contributed by atoms with Crippen LogP contribution in [0.5, 0.6) is 0 Å². The zero-order chi connectivity index (χ0) is 11.9. The molecule has 0 radical (unpaired) electrons. The molecule has 0 saturated carbocycles. The van der Waals surface area contributed by atoms with E-state index in [-0.39, 0.29) is 0 Å². The fourth-order valence-electron chi connectivity index (χ4n) is 1.85. The predicted molar refractivity (Wildman–Crippen MR) is 67.6 cm³/mol. The number of rotatable bonds is 5. The molecule has 2 heteroatoms. The van der Waals surface area contributed by atoms with Gasteiger partial charge in [0.05, 0.1) is 6.61 Å². The van der Waals surface area contributed by atoms with Crippen LogP contribution in [0.2, 0.25) is 0 Å². The van der Waals surface area contributed by atoms with Gasteiger partial charge in [-0.1, -0.05) is 54.6 Å². The van der Waals surface area contributed by atoms with Crippen molar-refractivity contribution in [3.63, 3.8) is 0 Å². The van der Waals surface area contributed by atoms with Crippen LogP contribution in [0.15, 0.2) is 54.6 Å². The van der Waals surface area contributed by atoms with E-state index < -0.39 is 0 Å².